The molecule has 1 heterocycles. The van der Waals surface area contributed by atoms with Crippen LogP contribution in [0.5, 0.6) is 0 Å². The quantitative estimate of drug-likeness (QED) is 0.631. The molecule has 142 valence electrons. The van der Waals surface area contributed by atoms with Gasteiger partial charge in [-0.15, -0.1) is 0 Å². The lowest BCUT2D eigenvalue weighted by molar-refractivity contribution is -0.128. The summed E-state index contributed by atoms with van der Waals surface area (Å²) in [6.45, 7) is 1.40. The molecular weight excluding hydrogens is 346 g/mol. The predicted octanol–water partition coefficient (Wildman–Crippen LogP) is 1.18. The maximum absolute atomic E-state index is 13.1. The van der Waals surface area contributed by atoms with Crippen molar-refractivity contribution < 1.29 is 28.2 Å². The van der Waals surface area contributed by atoms with Crippen molar-refractivity contribution in [1.29, 1.82) is 0 Å². The zero-order chi connectivity index (χ0) is 19.1. The molecule has 0 aromatic heterocycles. The van der Waals surface area contributed by atoms with Crippen LogP contribution in [0.1, 0.15) is 25.3 Å². The average molecular weight is 368 g/mol. The van der Waals surface area contributed by atoms with Gasteiger partial charge in [0, 0.05) is 19.0 Å². The monoisotopic (exact) mass is 368 g/mol. The van der Waals surface area contributed by atoms with E-state index in [-0.39, 0.29) is 31.4 Å². The number of aliphatic hydroxyl groups excluding tert-OH is 1. The van der Waals surface area contributed by atoms with E-state index in [1.54, 1.807) is 19.1 Å². The van der Waals surface area contributed by atoms with Gasteiger partial charge in [0.05, 0.1) is 25.2 Å². The van der Waals surface area contributed by atoms with E-state index in [1.807, 2.05) is 0 Å². The van der Waals surface area contributed by atoms with Crippen molar-refractivity contribution in [3.8, 4) is 0 Å². The highest BCUT2D eigenvalue weighted by Crippen LogP contribution is 2.16. The SMILES string of the molecule is CCC(=O)N[C@H]1C=C[C@@H](CC(=O)NCc2cc(F)cc(F)c2)O[C@H]1CO. The van der Waals surface area contributed by atoms with Crippen molar-refractivity contribution >= 4 is 11.8 Å². The molecule has 0 spiro atoms. The molecule has 8 heteroatoms. The minimum atomic E-state index is -0.709. The number of aliphatic hydroxyl groups is 1. The van der Waals surface area contributed by atoms with Crippen LogP contribution in [-0.4, -0.2) is 41.8 Å². The number of hydrogen-bond donors (Lipinski definition) is 3. The Bertz CT molecular complexity index is 661. The van der Waals surface area contributed by atoms with Crippen LogP contribution in [-0.2, 0) is 20.9 Å². The third kappa shape index (κ3) is 5.89. The predicted molar refractivity (Wildman–Crippen MR) is 89.9 cm³/mol. The van der Waals surface area contributed by atoms with E-state index in [4.69, 9.17) is 4.74 Å². The Morgan fingerprint density at radius 1 is 1.15 bits per heavy atom. The maximum atomic E-state index is 13.1. The van der Waals surface area contributed by atoms with Gasteiger partial charge in [-0.2, -0.15) is 0 Å². The fourth-order valence-corrected chi connectivity index (χ4v) is 2.59. The summed E-state index contributed by atoms with van der Waals surface area (Å²) >= 11 is 0. The van der Waals surface area contributed by atoms with Crippen molar-refractivity contribution in [3.05, 3.63) is 47.5 Å². The Hall–Kier alpha value is -2.32. The van der Waals surface area contributed by atoms with E-state index >= 15 is 0 Å². The first-order valence-corrected chi connectivity index (χ1v) is 8.37. The highest BCUT2D eigenvalue weighted by Gasteiger charge is 2.28. The van der Waals surface area contributed by atoms with Gasteiger partial charge < -0.3 is 20.5 Å². The summed E-state index contributed by atoms with van der Waals surface area (Å²) in [6.07, 6.45) is 2.43. The molecule has 0 unspecified atom stereocenters. The molecule has 0 radical (unpaired) electrons. The van der Waals surface area contributed by atoms with Crippen LogP contribution < -0.4 is 10.6 Å². The zero-order valence-electron chi connectivity index (χ0n) is 14.4. The zero-order valence-corrected chi connectivity index (χ0v) is 14.4. The molecule has 1 aromatic carbocycles. The molecule has 1 aromatic rings. The highest BCUT2D eigenvalue weighted by molar-refractivity contribution is 5.77. The normalized spacial score (nSPS) is 22.1. The number of nitrogens with one attached hydrogen (secondary N) is 2. The molecule has 1 aliphatic heterocycles. The van der Waals surface area contributed by atoms with Crippen molar-refractivity contribution in [2.24, 2.45) is 0 Å². The van der Waals surface area contributed by atoms with E-state index < -0.39 is 29.9 Å². The molecule has 0 aliphatic carbocycles. The Kier molecular flexibility index (Phi) is 7.23. The summed E-state index contributed by atoms with van der Waals surface area (Å²) in [4.78, 5) is 23.5. The Labute approximate surface area is 150 Å². The Morgan fingerprint density at radius 2 is 1.85 bits per heavy atom. The summed E-state index contributed by atoms with van der Waals surface area (Å²) < 4.78 is 31.9. The molecule has 0 saturated carbocycles. The first-order chi connectivity index (χ1) is 12.4. The van der Waals surface area contributed by atoms with Gasteiger partial charge >= 0.3 is 0 Å². The molecule has 6 nitrogen and oxygen atoms in total. The summed E-state index contributed by atoms with van der Waals surface area (Å²) in [7, 11) is 0. The van der Waals surface area contributed by atoms with Gasteiger partial charge in [-0.25, -0.2) is 8.78 Å². The number of carbonyl (C=O) groups is 2. The van der Waals surface area contributed by atoms with Gasteiger partial charge in [-0.05, 0) is 17.7 Å². The van der Waals surface area contributed by atoms with Gasteiger partial charge in [0.2, 0.25) is 11.8 Å². The largest absolute Gasteiger partial charge is 0.394 e. The first-order valence-electron chi connectivity index (χ1n) is 8.37. The summed E-state index contributed by atoms with van der Waals surface area (Å²) in [5.41, 5.74) is 0.312. The van der Waals surface area contributed by atoms with Crippen LogP contribution >= 0.6 is 0 Å². The van der Waals surface area contributed by atoms with Crippen LogP contribution in [0.3, 0.4) is 0 Å². The van der Waals surface area contributed by atoms with Gasteiger partial charge in [-0.1, -0.05) is 19.1 Å². The van der Waals surface area contributed by atoms with Gasteiger partial charge in [-0.3, -0.25) is 9.59 Å². The van der Waals surface area contributed by atoms with Crippen molar-refractivity contribution in [2.45, 2.75) is 44.6 Å². The summed E-state index contributed by atoms with van der Waals surface area (Å²) in [6, 6.07) is 2.59. The van der Waals surface area contributed by atoms with E-state index in [1.165, 1.54) is 0 Å². The van der Waals surface area contributed by atoms with Crippen LogP contribution in [0.15, 0.2) is 30.4 Å². The second kappa shape index (κ2) is 9.40. The lowest BCUT2D eigenvalue weighted by Crippen LogP contribution is -2.48. The summed E-state index contributed by atoms with van der Waals surface area (Å²) in [5, 5.41) is 14.7. The first kappa shape index (κ1) is 20.0. The number of benzene rings is 1. The molecule has 1 aliphatic rings. The van der Waals surface area contributed by atoms with Crippen molar-refractivity contribution in [3.63, 3.8) is 0 Å². The molecule has 2 rings (SSSR count). The van der Waals surface area contributed by atoms with Crippen LogP contribution in [0.2, 0.25) is 0 Å². The van der Waals surface area contributed by atoms with Gasteiger partial charge in [0.1, 0.15) is 17.7 Å². The number of hydrogen-bond acceptors (Lipinski definition) is 4. The van der Waals surface area contributed by atoms with Crippen molar-refractivity contribution in [2.75, 3.05) is 6.61 Å². The van der Waals surface area contributed by atoms with E-state index in [2.05, 4.69) is 10.6 Å². The molecule has 0 fully saturated rings. The fourth-order valence-electron chi connectivity index (χ4n) is 2.59. The van der Waals surface area contributed by atoms with E-state index in [0.717, 1.165) is 18.2 Å². The number of rotatable bonds is 7. The highest BCUT2D eigenvalue weighted by atomic mass is 19.1. The molecule has 2 amide bonds. The minimum Gasteiger partial charge on any atom is -0.394 e. The molecule has 0 bridgehead atoms. The third-order valence-electron chi connectivity index (χ3n) is 3.91. The van der Waals surface area contributed by atoms with E-state index in [0.29, 0.717) is 12.0 Å². The maximum Gasteiger partial charge on any atom is 0.223 e. The minimum absolute atomic E-state index is 0.0114. The molecule has 3 atom stereocenters. The number of amides is 2. The fraction of sp³-hybridized carbons (Fsp3) is 0.444. The Morgan fingerprint density at radius 3 is 2.46 bits per heavy atom. The number of ether oxygens (including phenoxy) is 1. The van der Waals surface area contributed by atoms with Crippen LogP contribution in [0.25, 0.3) is 0 Å². The average Bonchev–Trinajstić information content (AvgIpc) is 2.60. The van der Waals surface area contributed by atoms with Crippen LogP contribution in [0.4, 0.5) is 8.78 Å². The topological polar surface area (TPSA) is 87.7 Å². The summed E-state index contributed by atoms with van der Waals surface area (Å²) in [5.74, 6) is -1.95. The standard InChI is InChI=1S/C18H22F2N2O4/c1-2-17(24)22-15-4-3-14(26-16(15)10-23)8-18(25)21-9-11-5-12(19)7-13(20)6-11/h3-7,14-16,23H,2,8-10H2,1H3,(H,21,25)(H,22,24)/t14-,15-,16-/m0/s1. The third-order valence-corrected chi connectivity index (χ3v) is 3.91. The molecule has 0 saturated heterocycles. The smallest absolute Gasteiger partial charge is 0.223 e. The van der Waals surface area contributed by atoms with Crippen molar-refractivity contribution in [1.82, 2.24) is 10.6 Å². The van der Waals surface area contributed by atoms with Gasteiger partial charge in [0.25, 0.3) is 0 Å². The van der Waals surface area contributed by atoms with E-state index in [9.17, 15) is 23.5 Å². The molecule has 26 heavy (non-hydrogen) atoms. The van der Waals surface area contributed by atoms with Crippen LogP contribution in [0, 0.1) is 11.6 Å². The second-order valence-electron chi connectivity index (χ2n) is 5.99. The van der Waals surface area contributed by atoms with Gasteiger partial charge in [0.15, 0.2) is 0 Å². The number of carbonyl (C=O) groups excluding carboxylic acids is 2. The lowest BCUT2D eigenvalue weighted by atomic mass is 10.0. The Balaban J connectivity index is 1.86. The molecular formula is C18H22F2N2O4. The lowest BCUT2D eigenvalue weighted by Gasteiger charge is -2.31. The second-order valence-corrected chi connectivity index (χ2v) is 5.99. The number of halogens is 2. The molecule has 3 N–H and O–H groups in total.